The highest BCUT2D eigenvalue weighted by atomic mass is 32.1. The van der Waals surface area contributed by atoms with Crippen molar-refractivity contribution in [2.24, 2.45) is 11.5 Å². The molecule has 0 fully saturated rings. The van der Waals surface area contributed by atoms with Gasteiger partial charge in [0.2, 0.25) is 0 Å². The van der Waals surface area contributed by atoms with E-state index < -0.39 is 6.03 Å². The predicted molar refractivity (Wildman–Crippen MR) is 156 cm³/mol. The van der Waals surface area contributed by atoms with Gasteiger partial charge in [0.1, 0.15) is 5.82 Å². The second-order valence-corrected chi connectivity index (χ2v) is 9.79. The number of pyridine rings is 2. The molecule has 0 saturated carbocycles. The minimum Gasteiger partial charge on any atom is -0.383 e. The quantitative estimate of drug-likeness (QED) is 0.243. The number of amides is 2. The molecule has 38 heavy (non-hydrogen) atoms. The van der Waals surface area contributed by atoms with E-state index in [9.17, 15) is 4.79 Å². The Morgan fingerprint density at radius 1 is 0.868 bits per heavy atom. The first-order valence-electron chi connectivity index (χ1n) is 12.0. The zero-order valence-corrected chi connectivity index (χ0v) is 21.2. The van der Waals surface area contributed by atoms with Gasteiger partial charge in [-0.2, -0.15) is 0 Å². The molecular weight excluding hydrogens is 492 g/mol. The number of urea groups is 1. The van der Waals surface area contributed by atoms with Gasteiger partial charge in [-0.15, -0.1) is 11.3 Å². The number of carbonyl (C=O) groups excluding carboxylic acids is 1. The minimum atomic E-state index is -0.574. The summed E-state index contributed by atoms with van der Waals surface area (Å²) in [6, 6.07) is 22.7. The van der Waals surface area contributed by atoms with Crippen molar-refractivity contribution in [3.05, 3.63) is 102 Å². The number of nitrogens with two attached hydrogens (primary N) is 3. The number of nitrogen functional groups attached to an aromatic ring is 1. The van der Waals surface area contributed by atoms with Gasteiger partial charge in [0.15, 0.2) is 0 Å². The average molecular weight is 517 g/mol. The summed E-state index contributed by atoms with van der Waals surface area (Å²) >= 11 is 1.63. The van der Waals surface area contributed by atoms with Crippen molar-refractivity contribution < 1.29 is 4.79 Å². The first-order valence-corrected chi connectivity index (χ1v) is 12.9. The van der Waals surface area contributed by atoms with Crippen LogP contribution in [0.3, 0.4) is 0 Å². The van der Waals surface area contributed by atoms with Gasteiger partial charge in [-0.05, 0) is 46.2 Å². The second kappa shape index (κ2) is 9.59. The number of thiophene rings is 1. The van der Waals surface area contributed by atoms with Crippen molar-refractivity contribution in [1.82, 2.24) is 9.97 Å². The van der Waals surface area contributed by atoms with Crippen LogP contribution in [0, 0.1) is 0 Å². The molecule has 0 saturated heterocycles. The highest BCUT2D eigenvalue weighted by Crippen LogP contribution is 2.43. The molecule has 0 aliphatic heterocycles. The molecule has 8 heteroatoms. The lowest BCUT2D eigenvalue weighted by Crippen LogP contribution is -2.31. The summed E-state index contributed by atoms with van der Waals surface area (Å²) in [6.45, 7) is 0.372. The third-order valence-electron chi connectivity index (χ3n) is 6.64. The number of hydrogen-bond donors (Lipinski definition) is 3. The lowest BCUT2D eigenvalue weighted by atomic mass is 9.99. The van der Waals surface area contributed by atoms with Gasteiger partial charge in [-0.25, -0.2) is 9.78 Å². The minimum absolute atomic E-state index is 0.372. The maximum atomic E-state index is 12.4. The number of primary amides is 1. The fourth-order valence-corrected chi connectivity index (χ4v) is 5.93. The zero-order valence-electron chi connectivity index (χ0n) is 20.3. The van der Waals surface area contributed by atoms with E-state index in [1.807, 2.05) is 79.3 Å². The highest BCUT2D eigenvalue weighted by molar-refractivity contribution is 7.18. The summed E-state index contributed by atoms with van der Waals surface area (Å²) in [4.78, 5) is 22.9. The van der Waals surface area contributed by atoms with Crippen LogP contribution in [0.25, 0.3) is 43.1 Å². The molecule has 6 rings (SSSR count). The lowest BCUT2D eigenvalue weighted by Gasteiger charge is -2.21. The third kappa shape index (κ3) is 4.02. The molecule has 0 aliphatic rings. The van der Waals surface area contributed by atoms with Crippen molar-refractivity contribution in [3.8, 4) is 22.3 Å². The molecule has 0 radical (unpaired) electrons. The van der Waals surface area contributed by atoms with Crippen LogP contribution in [0.5, 0.6) is 0 Å². The lowest BCUT2D eigenvalue weighted by molar-refractivity contribution is 0.256. The number of anilines is 3. The first kappa shape index (κ1) is 23.6. The average Bonchev–Trinajstić information content (AvgIpc) is 3.40. The number of rotatable bonds is 5. The highest BCUT2D eigenvalue weighted by Gasteiger charge is 2.19. The summed E-state index contributed by atoms with van der Waals surface area (Å²) < 4.78 is 1.05. The number of fused-ring (bicyclic) bond motifs is 2. The van der Waals surface area contributed by atoms with Gasteiger partial charge in [-0.3, -0.25) is 9.88 Å². The van der Waals surface area contributed by atoms with Gasteiger partial charge >= 0.3 is 6.03 Å². The van der Waals surface area contributed by atoms with Crippen molar-refractivity contribution in [2.75, 3.05) is 10.6 Å². The second-order valence-electron chi connectivity index (χ2n) is 8.91. The molecule has 3 aromatic heterocycles. The Labute approximate surface area is 223 Å². The maximum absolute atomic E-state index is 12.4. The number of carbonyl (C=O) groups is 1. The molecular formula is C30H24N6OS. The first-order chi connectivity index (χ1) is 18.5. The normalized spacial score (nSPS) is 11.2. The maximum Gasteiger partial charge on any atom is 0.323 e. The largest absolute Gasteiger partial charge is 0.383 e. The van der Waals surface area contributed by atoms with E-state index in [1.54, 1.807) is 11.3 Å². The van der Waals surface area contributed by atoms with Gasteiger partial charge in [0.05, 0.1) is 11.4 Å². The van der Waals surface area contributed by atoms with Gasteiger partial charge < -0.3 is 17.2 Å². The summed E-state index contributed by atoms with van der Waals surface area (Å²) in [6.07, 6.45) is 5.57. The Kier molecular flexibility index (Phi) is 5.95. The molecule has 186 valence electrons. The Hall–Kier alpha value is -4.79. The van der Waals surface area contributed by atoms with Gasteiger partial charge in [0, 0.05) is 57.3 Å². The van der Waals surface area contributed by atoms with Crippen LogP contribution in [0.2, 0.25) is 0 Å². The fourth-order valence-electron chi connectivity index (χ4n) is 4.82. The fraction of sp³-hybridized carbons (Fsp3) is 0.0333. The van der Waals surface area contributed by atoms with E-state index in [0.29, 0.717) is 23.7 Å². The number of hydrogen-bond acceptors (Lipinski definition) is 6. The molecule has 6 N–H and O–H groups in total. The van der Waals surface area contributed by atoms with Crippen LogP contribution in [0.1, 0.15) is 5.56 Å². The van der Waals surface area contributed by atoms with Crippen molar-refractivity contribution in [3.63, 3.8) is 0 Å². The number of aromatic nitrogens is 2. The van der Waals surface area contributed by atoms with E-state index in [4.69, 9.17) is 17.2 Å². The molecule has 0 atom stereocenters. The molecule has 3 heterocycles. The third-order valence-corrected chi connectivity index (χ3v) is 7.66. The van der Waals surface area contributed by atoms with Crippen molar-refractivity contribution in [1.29, 1.82) is 0 Å². The SMILES string of the molecule is NCc1cccc(N(C(N)=O)c2ccc(-c3csc4c(-c5cncc6ccccc56)cnc(N)c34)cc2)c1. The van der Waals surface area contributed by atoms with E-state index >= 15 is 0 Å². The van der Waals surface area contributed by atoms with Crippen LogP contribution >= 0.6 is 11.3 Å². The summed E-state index contributed by atoms with van der Waals surface area (Å²) in [5.74, 6) is 0.467. The van der Waals surface area contributed by atoms with E-state index in [2.05, 4.69) is 27.5 Å². The monoisotopic (exact) mass is 516 g/mol. The van der Waals surface area contributed by atoms with Crippen LogP contribution < -0.4 is 22.1 Å². The molecule has 6 aromatic rings. The Morgan fingerprint density at radius 3 is 2.47 bits per heavy atom. The number of nitrogens with zero attached hydrogens (tertiary/aromatic N) is 3. The van der Waals surface area contributed by atoms with E-state index in [0.717, 1.165) is 48.7 Å². The molecule has 3 aromatic carbocycles. The van der Waals surface area contributed by atoms with E-state index in [1.165, 1.54) is 4.90 Å². The smallest absolute Gasteiger partial charge is 0.323 e. The van der Waals surface area contributed by atoms with Crippen LogP contribution in [-0.2, 0) is 6.54 Å². The predicted octanol–water partition coefficient (Wildman–Crippen LogP) is 6.44. The van der Waals surface area contributed by atoms with Crippen LogP contribution in [-0.4, -0.2) is 16.0 Å². The van der Waals surface area contributed by atoms with Crippen molar-refractivity contribution in [2.45, 2.75) is 6.54 Å². The molecule has 0 unspecified atom stereocenters. The van der Waals surface area contributed by atoms with Gasteiger partial charge in [-0.1, -0.05) is 48.5 Å². The standard InChI is InChI=1S/C30H24N6OS/c31-13-18-4-3-6-22(12-18)36(30(33)37)21-10-8-19(9-11-21)26-17-38-28-25(16-35-29(32)27(26)28)24-15-34-14-20-5-1-2-7-23(20)24/h1-12,14-17H,13,31H2,(H2,32,35)(H2,33,37). The topological polar surface area (TPSA) is 124 Å². The summed E-state index contributed by atoms with van der Waals surface area (Å²) in [5.41, 5.74) is 24.1. The Bertz CT molecular complexity index is 1810. The molecule has 0 bridgehead atoms. The van der Waals surface area contributed by atoms with Crippen LogP contribution in [0.4, 0.5) is 22.0 Å². The Balaban J connectivity index is 1.43. The summed E-state index contributed by atoms with van der Waals surface area (Å²) in [7, 11) is 0. The van der Waals surface area contributed by atoms with Gasteiger partial charge in [0.25, 0.3) is 0 Å². The molecule has 0 spiro atoms. The van der Waals surface area contributed by atoms with E-state index in [-0.39, 0.29) is 0 Å². The van der Waals surface area contributed by atoms with Crippen molar-refractivity contribution >= 4 is 55.4 Å². The Morgan fingerprint density at radius 2 is 1.68 bits per heavy atom. The molecule has 7 nitrogen and oxygen atoms in total. The summed E-state index contributed by atoms with van der Waals surface area (Å²) in [5, 5.41) is 5.17. The number of benzene rings is 3. The molecule has 0 aliphatic carbocycles. The zero-order chi connectivity index (χ0) is 26.2. The van der Waals surface area contributed by atoms with Crippen LogP contribution in [0.15, 0.2) is 96.8 Å². The molecule has 2 amide bonds.